The molecule has 1 heterocycles. The van der Waals surface area contributed by atoms with Crippen LogP contribution in [0.1, 0.15) is 43.1 Å². The van der Waals surface area contributed by atoms with E-state index in [9.17, 15) is 4.79 Å². The Morgan fingerprint density at radius 3 is 2.46 bits per heavy atom. The lowest BCUT2D eigenvalue weighted by atomic mass is 9.84. The number of halogens is 2. The van der Waals surface area contributed by atoms with Gasteiger partial charge in [-0.2, -0.15) is 0 Å². The minimum atomic E-state index is -0.556. The summed E-state index contributed by atoms with van der Waals surface area (Å²) in [6.07, 6.45) is 0.768. The second-order valence-corrected chi connectivity index (χ2v) is 9.43. The molecule has 2 aromatic rings. The van der Waals surface area contributed by atoms with Crippen molar-refractivity contribution in [1.82, 2.24) is 10.2 Å². The summed E-state index contributed by atoms with van der Waals surface area (Å²) in [7, 11) is 0. The van der Waals surface area contributed by atoms with Gasteiger partial charge in [0.1, 0.15) is 4.99 Å². The molecule has 1 saturated heterocycles. The van der Waals surface area contributed by atoms with Crippen LogP contribution in [0.4, 0.5) is 0 Å². The van der Waals surface area contributed by atoms with Crippen LogP contribution >= 0.6 is 35.4 Å². The zero-order valence-corrected chi connectivity index (χ0v) is 18.6. The monoisotopic (exact) mass is 434 g/mol. The van der Waals surface area contributed by atoms with Crippen molar-refractivity contribution in [3.63, 3.8) is 0 Å². The molecule has 0 saturated carbocycles. The van der Waals surface area contributed by atoms with E-state index in [1.807, 2.05) is 25.1 Å². The molecule has 0 aromatic heterocycles. The maximum Gasteiger partial charge on any atom is 0.252 e. The van der Waals surface area contributed by atoms with Gasteiger partial charge < -0.3 is 10.2 Å². The Hall–Kier alpha value is -1.62. The molecule has 1 aliphatic heterocycles. The number of thiocarbonyl (C=S) groups is 1. The summed E-state index contributed by atoms with van der Waals surface area (Å²) < 4.78 is 0. The van der Waals surface area contributed by atoms with Gasteiger partial charge in [0, 0.05) is 34.1 Å². The highest BCUT2D eigenvalue weighted by atomic mass is 35.5. The van der Waals surface area contributed by atoms with Crippen molar-refractivity contribution in [2.75, 3.05) is 13.1 Å². The first-order valence-corrected chi connectivity index (χ1v) is 10.4. The second kappa shape index (κ2) is 8.02. The summed E-state index contributed by atoms with van der Waals surface area (Å²) in [5, 5.41) is 4.38. The van der Waals surface area contributed by atoms with Gasteiger partial charge in [-0.05, 0) is 49.2 Å². The zero-order chi connectivity index (χ0) is 20.5. The van der Waals surface area contributed by atoms with E-state index in [1.165, 1.54) is 5.56 Å². The third-order valence-electron chi connectivity index (χ3n) is 5.31. The molecule has 1 unspecified atom stereocenters. The topological polar surface area (TPSA) is 32.3 Å². The van der Waals surface area contributed by atoms with Crippen LogP contribution in [0.5, 0.6) is 0 Å². The van der Waals surface area contributed by atoms with Crippen molar-refractivity contribution >= 4 is 46.3 Å². The van der Waals surface area contributed by atoms with Gasteiger partial charge in [-0.25, -0.2) is 0 Å². The third-order valence-corrected chi connectivity index (χ3v) is 6.49. The van der Waals surface area contributed by atoms with Gasteiger partial charge >= 0.3 is 0 Å². The minimum Gasteiger partial charge on any atom is -0.363 e. The number of carbonyl (C=O) groups is 1. The Kier molecular flexibility index (Phi) is 6.04. The molecule has 1 amide bonds. The summed E-state index contributed by atoms with van der Waals surface area (Å²) >= 11 is 18.0. The van der Waals surface area contributed by atoms with Gasteiger partial charge in [0.25, 0.3) is 5.91 Å². The average Bonchev–Trinajstić information content (AvgIpc) is 2.89. The van der Waals surface area contributed by atoms with Crippen LogP contribution < -0.4 is 5.32 Å². The lowest BCUT2D eigenvalue weighted by Gasteiger charge is -2.34. The van der Waals surface area contributed by atoms with Crippen LogP contribution in [0.2, 0.25) is 10.0 Å². The molecule has 1 atom stereocenters. The highest BCUT2D eigenvalue weighted by Crippen LogP contribution is 2.31. The van der Waals surface area contributed by atoms with Gasteiger partial charge in [-0.1, -0.05) is 67.5 Å². The highest BCUT2D eigenvalue weighted by molar-refractivity contribution is 7.80. The van der Waals surface area contributed by atoms with Crippen molar-refractivity contribution in [1.29, 1.82) is 0 Å². The minimum absolute atomic E-state index is 0.128. The molecule has 6 heteroatoms. The summed E-state index contributed by atoms with van der Waals surface area (Å²) in [5.41, 5.74) is 1.02. The number of hydrogen-bond donors (Lipinski definition) is 1. The summed E-state index contributed by atoms with van der Waals surface area (Å²) in [6, 6.07) is 14.9. The van der Waals surface area contributed by atoms with Crippen molar-refractivity contribution in [2.24, 2.45) is 0 Å². The van der Waals surface area contributed by atoms with Crippen LogP contribution in [0, 0.1) is 0 Å². The van der Waals surface area contributed by atoms with Crippen LogP contribution in [0.25, 0.3) is 0 Å². The number of amides is 1. The van der Waals surface area contributed by atoms with Crippen molar-refractivity contribution in [3.8, 4) is 0 Å². The maximum absolute atomic E-state index is 12.7. The van der Waals surface area contributed by atoms with Crippen molar-refractivity contribution in [3.05, 3.63) is 69.7 Å². The normalized spacial score (nSPS) is 19.8. The molecule has 0 spiro atoms. The van der Waals surface area contributed by atoms with Gasteiger partial charge in [0.2, 0.25) is 0 Å². The standard InChI is InChI=1S/C22H24Cl2N2OS/c1-21(2,16-7-5-9-18(24)13-16)14-26-11-10-22(3,20(26)28)25-19(27)15-6-4-8-17(23)12-15/h4-9,12-13H,10-11,14H2,1-3H3,(H,25,27). The van der Waals surface area contributed by atoms with E-state index in [0.29, 0.717) is 10.6 Å². The Balaban J connectivity index is 1.72. The molecule has 28 heavy (non-hydrogen) atoms. The predicted molar refractivity (Wildman–Crippen MR) is 121 cm³/mol. The zero-order valence-electron chi connectivity index (χ0n) is 16.3. The molecule has 2 aromatic carbocycles. The Labute approximate surface area is 182 Å². The molecular weight excluding hydrogens is 411 g/mol. The van der Waals surface area contributed by atoms with E-state index < -0.39 is 5.54 Å². The smallest absolute Gasteiger partial charge is 0.252 e. The highest BCUT2D eigenvalue weighted by Gasteiger charge is 2.42. The number of hydrogen-bond acceptors (Lipinski definition) is 2. The summed E-state index contributed by atoms with van der Waals surface area (Å²) in [4.78, 5) is 15.6. The van der Waals surface area contributed by atoms with Gasteiger partial charge in [-0.3, -0.25) is 4.79 Å². The van der Waals surface area contributed by atoms with E-state index in [2.05, 4.69) is 30.1 Å². The molecule has 3 rings (SSSR count). The Morgan fingerprint density at radius 1 is 1.18 bits per heavy atom. The van der Waals surface area contributed by atoms with Crippen molar-refractivity contribution in [2.45, 2.75) is 38.1 Å². The second-order valence-electron chi connectivity index (χ2n) is 8.17. The third kappa shape index (κ3) is 4.51. The van der Waals surface area contributed by atoms with Gasteiger partial charge in [0.05, 0.1) is 5.54 Å². The van der Waals surface area contributed by atoms with E-state index in [0.717, 1.165) is 29.5 Å². The molecule has 1 fully saturated rings. The van der Waals surface area contributed by atoms with Crippen LogP contribution in [0.15, 0.2) is 48.5 Å². The number of benzene rings is 2. The maximum atomic E-state index is 12.7. The lowest BCUT2D eigenvalue weighted by Crippen LogP contribution is -2.52. The molecule has 0 aliphatic carbocycles. The fraction of sp³-hybridized carbons (Fsp3) is 0.364. The first-order valence-electron chi connectivity index (χ1n) is 9.24. The van der Waals surface area contributed by atoms with Crippen LogP contribution in [0.3, 0.4) is 0 Å². The average molecular weight is 435 g/mol. The fourth-order valence-corrected chi connectivity index (χ4v) is 4.30. The van der Waals surface area contributed by atoms with E-state index in [1.54, 1.807) is 24.3 Å². The van der Waals surface area contributed by atoms with E-state index >= 15 is 0 Å². The molecule has 0 radical (unpaired) electrons. The lowest BCUT2D eigenvalue weighted by molar-refractivity contribution is 0.0928. The predicted octanol–water partition coefficient (Wildman–Crippen LogP) is 5.49. The Bertz CT molecular complexity index is 915. The summed E-state index contributed by atoms with van der Waals surface area (Å²) in [6.45, 7) is 7.91. The first-order chi connectivity index (χ1) is 13.1. The van der Waals surface area contributed by atoms with Gasteiger partial charge in [-0.15, -0.1) is 0 Å². The quantitative estimate of drug-likeness (QED) is 0.630. The SMILES string of the molecule is CC1(NC(=O)c2cccc(Cl)c2)CCN(CC(C)(C)c2cccc(Cl)c2)C1=S. The van der Waals surface area contributed by atoms with Crippen LogP contribution in [-0.4, -0.2) is 34.4 Å². The number of nitrogens with one attached hydrogen (secondary N) is 1. The molecule has 0 bridgehead atoms. The molecule has 1 aliphatic rings. The number of carbonyl (C=O) groups excluding carboxylic acids is 1. The molecule has 1 N–H and O–H groups in total. The fourth-order valence-electron chi connectivity index (χ4n) is 3.61. The van der Waals surface area contributed by atoms with E-state index in [-0.39, 0.29) is 11.3 Å². The van der Waals surface area contributed by atoms with E-state index in [4.69, 9.17) is 35.4 Å². The first kappa shape index (κ1) is 21.1. The van der Waals surface area contributed by atoms with Crippen LogP contribution in [-0.2, 0) is 5.41 Å². The number of nitrogens with zero attached hydrogens (tertiary/aromatic N) is 1. The molecule has 3 nitrogen and oxygen atoms in total. The molecular formula is C22H24Cl2N2OS. The van der Waals surface area contributed by atoms with Crippen molar-refractivity contribution < 1.29 is 4.79 Å². The summed E-state index contributed by atoms with van der Waals surface area (Å²) in [5.74, 6) is -0.164. The number of rotatable bonds is 5. The number of likely N-dealkylation sites (tertiary alicyclic amines) is 1. The largest absolute Gasteiger partial charge is 0.363 e. The Morgan fingerprint density at radius 2 is 1.82 bits per heavy atom. The molecule has 148 valence electrons. The van der Waals surface area contributed by atoms with Gasteiger partial charge in [0.15, 0.2) is 0 Å².